The predicted molar refractivity (Wildman–Crippen MR) is 75.7 cm³/mol. The second kappa shape index (κ2) is 6.40. The number of hydrogen-bond donors (Lipinski definition) is 1. The highest BCUT2D eigenvalue weighted by molar-refractivity contribution is 5.37. The molecule has 2 aliphatic rings. The van der Waals surface area contributed by atoms with Crippen molar-refractivity contribution in [1.82, 2.24) is 5.32 Å². The number of rotatable bonds is 7. The van der Waals surface area contributed by atoms with Crippen LogP contribution in [0.4, 0.5) is 0 Å². The van der Waals surface area contributed by atoms with Gasteiger partial charge in [-0.05, 0) is 36.8 Å². The van der Waals surface area contributed by atoms with Crippen molar-refractivity contribution >= 4 is 0 Å². The SMILES string of the molecule is c1ccc2c(c1)OCCC2CNCCOCC1CC1. The molecule has 0 spiro atoms. The summed E-state index contributed by atoms with van der Waals surface area (Å²) in [6.45, 7) is 4.60. The molecule has 1 unspecified atom stereocenters. The summed E-state index contributed by atoms with van der Waals surface area (Å²) in [7, 11) is 0. The van der Waals surface area contributed by atoms with E-state index in [-0.39, 0.29) is 0 Å². The highest BCUT2D eigenvalue weighted by atomic mass is 16.5. The van der Waals surface area contributed by atoms with Crippen LogP contribution in [-0.2, 0) is 4.74 Å². The molecule has 0 bridgehead atoms. The molecule has 1 saturated carbocycles. The maximum Gasteiger partial charge on any atom is 0.122 e. The van der Waals surface area contributed by atoms with Gasteiger partial charge in [0.05, 0.1) is 13.2 Å². The number of benzene rings is 1. The van der Waals surface area contributed by atoms with Crippen molar-refractivity contribution in [2.45, 2.75) is 25.2 Å². The number of para-hydroxylation sites is 1. The van der Waals surface area contributed by atoms with E-state index in [1.54, 1.807) is 0 Å². The van der Waals surface area contributed by atoms with Crippen LogP contribution < -0.4 is 10.1 Å². The first-order valence-electron chi connectivity index (χ1n) is 7.43. The standard InChI is InChI=1S/C16H23NO2/c1-2-4-16-15(3-1)14(7-9-19-16)11-17-8-10-18-12-13-5-6-13/h1-4,13-14,17H,5-12H2. The minimum atomic E-state index is 0.577. The monoisotopic (exact) mass is 261 g/mol. The van der Waals surface area contributed by atoms with Gasteiger partial charge in [0.2, 0.25) is 0 Å². The van der Waals surface area contributed by atoms with Gasteiger partial charge in [0, 0.05) is 25.6 Å². The molecule has 1 aromatic carbocycles. The Labute approximate surface area is 115 Å². The summed E-state index contributed by atoms with van der Waals surface area (Å²) in [5.41, 5.74) is 1.35. The lowest BCUT2D eigenvalue weighted by Crippen LogP contribution is -2.28. The minimum Gasteiger partial charge on any atom is -0.493 e. The normalized spacial score (nSPS) is 21.8. The third-order valence-electron chi connectivity index (χ3n) is 3.95. The van der Waals surface area contributed by atoms with E-state index in [1.807, 2.05) is 6.07 Å². The molecule has 3 nitrogen and oxygen atoms in total. The van der Waals surface area contributed by atoms with E-state index >= 15 is 0 Å². The van der Waals surface area contributed by atoms with Gasteiger partial charge in [0.25, 0.3) is 0 Å². The van der Waals surface area contributed by atoms with Crippen molar-refractivity contribution in [1.29, 1.82) is 0 Å². The third-order valence-corrected chi connectivity index (χ3v) is 3.95. The second-order valence-electron chi connectivity index (χ2n) is 5.59. The summed E-state index contributed by atoms with van der Waals surface area (Å²) < 4.78 is 11.3. The molecule has 1 atom stereocenters. The average molecular weight is 261 g/mol. The fourth-order valence-corrected chi connectivity index (χ4v) is 2.58. The molecule has 19 heavy (non-hydrogen) atoms. The van der Waals surface area contributed by atoms with E-state index in [4.69, 9.17) is 9.47 Å². The van der Waals surface area contributed by atoms with E-state index in [0.717, 1.165) is 51.0 Å². The van der Waals surface area contributed by atoms with Crippen molar-refractivity contribution < 1.29 is 9.47 Å². The summed E-state index contributed by atoms with van der Waals surface area (Å²) in [6.07, 6.45) is 3.84. The third kappa shape index (κ3) is 3.71. The van der Waals surface area contributed by atoms with Gasteiger partial charge in [-0.25, -0.2) is 0 Å². The molecular weight excluding hydrogens is 238 g/mol. The van der Waals surface area contributed by atoms with Crippen molar-refractivity contribution in [3.8, 4) is 5.75 Å². The Bertz CT molecular complexity index is 403. The van der Waals surface area contributed by atoms with E-state index in [0.29, 0.717) is 5.92 Å². The minimum absolute atomic E-state index is 0.577. The Balaban J connectivity index is 1.38. The maximum absolute atomic E-state index is 5.68. The molecule has 0 saturated heterocycles. The van der Waals surface area contributed by atoms with Crippen LogP contribution in [-0.4, -0.2) is 32.9 Å². The Morgan fingerprint density at radius 2 is 2.11 bits per heavy atom. The fourth-order valence-electron chi connectivity index (χ4n) is 2.58. The highest BCUT2D eigenvalue weighted by Gasteiger charge is 2.21. The van der Waals surface area contributed by atoms with Gasteiger partial charge in [-0.15, -0.1) is 0 Å². The van der Waals surface area contributed by atoms with Gasteiger partial charge in [-0.1, -0.05) is 18.2 Å². The predicted octanol–water partition coefficient (Wildman–Crippen LogP) is 2.57. The average Bonchev–Trinajstić information content (AvgIpc) is 3.27. The molecule has 1 aliphatic carbocycles. The van der Waals surface area contributed by atoms with E-state index in [2.05, 4.69) is 23.5 Å². The molecule has 1 heterocycles. The fraction of sp³-hybridized carbons (Fsp3) is 0.625. The molecule has 0 aromatic heterocycles. The number of hydrogen-bond acceptors (Lipinski definition) is 3. The maximum atomic E-state index is 5.68. The molecule has 104 valence electrons. The second-order valence-corrected chi connectivity index (χ2v) is 5.59. The Hall–Kier alpha value is -1.06. The van der Waals surface area contributed by atoms with E-state index in [1.165, 1.54) is 18.4 Å². The van der Waals surface area contributed by atoms with Crippen molar-refractivity contribution in [2.24, 2.45) is 5.92 Å². The van der Waals surface area contributed by atoms with Gasteiger partial charge in [0.15, 0.2) is 0 Å². The lowest BCUT2D eigenvalue weighted by Gasteiger charge is -2.26. The van der Waals surface area contributed by atoms with Crippen LogP contribution in [0.25, 0.3) is 0 Å². The number of nitrogens with one attached hydrogen (secondary N) is 1. The van der Waals surface area contributed by atoms with Gasteiger partial charge in [0.1, 0.15) is 5.75 Å². The zero-order chi connectivity index (χ0) is 12.9. The Morgan fingerprint density at radius 1 is 1.21 bits per heavy atom. The van der Waals surface area contributed by atoms with Crippen LogP contribution in [0.1, 0.15) is 30.7 Å². The number of fused-ring (bicyclic) bond motifs is 1. The molecule has 1 aromatic rings. The van der Waals surface area contributed by atoms with Gasteiger partial charge < -0.3 is 14.8 Å². The summed E-state index contributed by atoms with van der Waals surface area (Å²) in [5.74, 6) is 2.50. The zero-order valence-electron chi connectivity index (χ0n) is 11.4. The quantitative estimate of drug-likeness (QED) is 0.765. The number of ether oxygens (including phenoxy) is 2. The first-order chi connectivity index (χ1) is 9.43. The van der Waals surface area contributed by atoms with E-state index < -0.39 is 0 Å². The zero-order valence-corrected chi connectivity index (χ0v) is 11.4. The molecule has 3 heteroatoms. The van der Waals surface area contributed by atoms with Crippen LogP contribution in [0.5, 0.6) is 5.75 Å². The molecule has 3 rings (SSSR count). The molecule has 0 amide bonds. The Kier molecular flexibility index (Phi) is 4.36. The topological polar surface area (TPSA) is 30.5 Å². The highest BCUT2D eigenvalue weighted by Crippen LogP contribution is 2.32. The van der Waals surface area contributed by atoms with Crippen molar-refractivity contribution in [3.05, 3.63) is 29.8 Å². The lowest BCUT2D eigenvalue weighted by molar-refractivity contribution is 0.125. The van der Waals surface area contributed by atoms with Crippen LogP contribution in [0.3, 0.4) is 0 Å². The van der Waals surface area contributed by atoms with E-state index in [9.17, 15) is 0 Å². The van der Waals surface area contributed by atoms with Crippen LogP contribution >= 0.6 is 0 Å². The van der Waals surface area contributed by atoms with Crippen molar-refractivity contribution in [2.75, 3.05) is 32.9 Å². The molecular formula is C16H23NO2. The van der Waals surface area contributed by atoms with Gasteiger partial charge in [-0.2, -0.15) is 0 Å². The summed E-state index contributed by atoms with van der Waals surface area (Å²) in [6, 6.07) is 8.39. The first kappa shape index (κ1) is 12.9. The summed E-state index contributed by atoms with van der Waals surface area (Å²) >= 11 is 0. The van der Waals surface area contributed by atoms with Crippen LogP contribution in [0, 0.1) is 5.92 Å². The first-order valence-corrected chi connectivity index (χ1v) is 7.43. The molecule has 1 aliphatic heterocycles. The largest absolute Gasteiger partial charge is 0.493 e. The molecule has 1 fully saturated rings. The van der Waals surface area contributed by atoms with Crippen LogP contribution in [0.15, 0.2) is 24.3 Å². The smallest absolute Gasteiger partial charge is 0.122 e. The van der Waals surface area contributed by atoms with Gasteiger partial charge >= 0.3 is 0 Å². The van der Waals surface area contributed by atoms with Crippen molar-refractivity contribution in [3.63, 3.8) is 0 Å². The van der Waals surface area contributed by atoms with Crippen LogP contribution in [0.2, 0.25) is 0 Å². The summed E-state index contributed by atoms with van der Waals surface area (Å²) in [5, 5.41) is 3.51. The molecule has 1 N–H and O–H groups in total. The molecule has 0 radical (unpaired) electrons. The Morgan fingerprint density at radius 3 is 3.00 bits per heavy atom. The van der Waals surface area contributed by atoms with Gasteiger partial charge in [-0.3, -0.25) is 0 Å². The summed E-state index contributed by atoms with van der Waals surface area (Å²) in [4.78, 5) is 0. The lowest BCUT2D eigenvalue weighted by atomic mass is 9.93.